The molecule has 0 atom stereocenters. The fraction of sp³-hybridized carbons (Fsp3) is 0.294. The number of carbonyl (C=O) groups is 2. The van der Waals surface area contributed by atoms with Gasteiger partial charge in [-0.2, -0.15) is 0 Å². The van der Waals surface area contributed by atoms with Gasteiger partial charge in [-0.05, 0) is 124 Å². The Balaban J connectivity index is 1.41. The molecule has 0 fully saturated rings. The number of unbranched alkanes of at least 4 members (excludes halogenated alkanes) is 3. The summed E-state index contributed by atoms with van der Waals surface area (Å²) < 4.78 is 16.3. The third kappa shape index (κ3) is 11.2. The predicted octanol–water partition coefficient (Wildman–Crippen LogP) is 6.76. The molecule has 0 amide bonds. The summed E-state index contributed by atoms with van der Waals surface area (Å²) in [5, 5.41) is 8.81. The van der Waals surface area contributed by atoms with Crippen molar-refractivity contribution in [3.05, 3.63) is 101 Å². The van der Waals surface area contributed by atoms with Crippen molar-refractivity contribution in [2.75, 3.05) is 26.4 Å². The molecule has 6 nitrogen and oxygen atoms in total. The molecule has 0 aromatic heterocycles. The molecule has 41 heavy (non-hydrogen) atoms. The van der Waals surface area contributed by atoms with Gasteiger partial charge in [-0.25, -0.2) is 4.79 Å². The van der Waals surface area contributed by atoms with Crippen molar-refractivity contribution in [3.8, 4) is 23.3 Å². The van der Waals surface area contributed by atoms with Crippen molar-refractivity contribution in [1.29, 1.82) is 0 Å². The Kier molecular flexibility index (Phi) is 13.0. The van der Waals surface area contributed by atoms with Crippen LogP contribution >= 0.6 is 11.8 Å². The third-order valence-electron chi connectivity index (χ3n) is 5.94. The Morgan fingerprint density at radius 3 is 2.10 bits per heavy atom. The number of aliphatic hydroxyl groups is 1. The Labute approximate surface area is 246 Å². The molecule has 3 aromatic carbocycles. The van der Waals surface area contributed by atoms with Crippen LogP contribution in [-0.4, -0.2) is 42.6 Å². The number of hydrogen-bond donors (Lipinski definition) is 1. The first-order valence-corrected chi connectivity index (χ1v) is 14.4. The van der Waals surface area contributed by atoms with Crippen LogP contribution in [0.5, 0.6) is 11.5 Å². The van der Waals surface area contributed by atoms with Gasteiger partial charge in [0, 0.05) is 27.2 Å². The number of aliphatic hydroxyl groups excluding tert-OH is 1. The van der Waals surface area contributed by atoms with Gasteiger partial charge in [0.15, 0.2) is 0 Å². The van der Waals surface area contributed by atoms with Crippen molar-refractivity contribution in [2.45, 2.75) is 44.4 Å². The molecule has 0 aliphatic carbocycles. The Morgan fingerprint density at radius 2 is 1.46 bits per heavy atom. The number of thioether (sulfide) groups is 1. The number of hydrogen-bond acceptors (Lipinski definition) is 7. The Hall–Kier alpha value is -3.99. The van der Waals surface area contributed by atoms with E-state index in [4.69, 9.17) is 19.3 Å². The van der Waals surface area contributed by atoms with E-state index in [1.54, 1.807) is 13.0 Å². The highest BCUT2D eigenvalue weighted by Crippen LogP contribution is 2.26. The highest BCUT2D eigenvalue weighted by Gasteiger charge is 2.10. The Bertz CT molecular complexity index is 1370. The van der Waals surface area contributed by atoms with Crippen molar-refractivity contribution >= 4 is 22.8 Å². The third-order valence-corrected chi connectivity index (χ3v) is 6.87. The van der Waals surface area contributed by atoms with E-state index in [1.807, 2.05) is 67.6 Å². The molecule has 1 N–H and O–H groups in total. The quantitative estimate of drug-likeness (QED) is 0.0752. The van der Waals surface area contributed by atoms with Crippen LogP contribution in [0.4, 0.5) is 0 Å². The van der Waals surface area contributed by atoms with Crippen LogP contribution in [0.3, 0.4) is 0 Å². The van der Waals surface area contributed by atoms with Crippen molar-refractivity contribution in [3.63, 3.8) is 0 Å². The first kappa shape index (κ1) is 31.5. The normalized spacial score (nSPS) is 10.3. The molecule has 0 aliphatic rings. The number of rotatable bonds is 14. The molecule has 0 saturated heterocycles. The summed E-state index contributed by atoms with van der Waals surface area (Å²) in [4.78, 5) is 25.1. The minimum absolute atomic E-state index is 0.0267. The van der Waals surface area contributed by atoms with Crippen molar-refractivity contribution in [2.24, 2.45) is 0 Å². The predicted molar refractivity (Wildman–Crippen MR) is 163 cm³/mol. The van der Waals surface area contributed by atoms with Gasteiger partial charge in [0.05, 0.1) is 19.8 Å². The second-order valence-corrected chi connectivity index (χ2v) is 10.5. The van der Waals surface area contributed by atoms with Gasteiger partial charge in [-0.1, -0.05) is 18.4 Å². The summed E-state index contributed by atoms with van der Waals surface area (Å²) in [6, 6.07) is 20.5. The number of aryl methyl sites for hydroxylation is 1. The van der Waals surface area contributed by atoms with Crippen LogP contribution in [0.1, 0.15) is 59.7 Å². The standard InChI is InChI=1S/C34H36O6S/c1-25(2)33(36)40-22-7-5-4-6-21-38-31-16-18-32(19-17-31)41-34(37)29-13-12-28(26(3)24-29)11-8-27-9-14-30(15-10-27)39-23-20-35/h9-10,12-19,24,35H,1,4-7,20-23H2,2-3H3. The number of ether oxygens (including phenoxy) is 3. The second-order valence-electron chi connectivity index (χ2n) is 9.42. The van der Waals surface area contributed by atoms with E-state index in [2.05, 4.69) is 18.4 Å². The second kappa shape index (κ2) is 17.0. The SMILES string of the molecule is C=C(C)C(=O)OCCCCCCOc1ccc(SC(=O)c2ccc(C#Cc3ccc(OCCO)cc3)c(C)c2)cc1. The topological polar surface area (TPSA) is 82.1 Å². The average Bonchev–Trinajstić information content (AvgIpc) is 2.97. The zero-order valence-corrected chi connectivity index (χ0v) is 24.4. The van der Waals surface area contributed by atoms with Crippen molar-refractivity contribution in [1.82, 2.24) is 0 Å². The van der Waals surface area contributed by atoms with E-state index in [1.165, 1.54) is 11.8 Å². The molecule has 0 unspecified atom stereocenters. The molecule has 3 aromatic rings. The van der Waals surface area contributed by atoms with Gasteiger partial charge in [0.25, 0.3) is 0 Å². The van der Waals surface area contributed by atoms with Gasteiger partial charge < -0.3 is 19.3 Å². The molecule has 0 heterocycles. The lowest BCUT2D eigenvalue weighted by atomic mass is 10.1. The molecule has 214 valence electrons. The lowest BCUT2D eigenvalue weighted by molar-refractivity contribution is -0.139. The summed E-state index contributed by atoms with van der Waals surface area (Å²) in [7, 11) is 0. The van der Waals surface area contributed by atoms with Gasteiger partial charge in [0.1, 0.15) is 18.1 Å². The molecule has 7 heteroatoms. The first-order chi connectivity index (χ1) is 19.9. The van der Waals surface area contributed by atoms with Crippen LogP contribution < -0.4 is 9.47 Å². The molecule has 0 aliphatic heterocycles. The minimum atomic E-state index is -0.336. The fourth-order valence-electron chi connectivity index (χ4n) is 3.67. The van der Waals surface area contributed by atoms with Crippen LogP contribution in [0.25, 0.3) is 0 Å². The largest absolute Gasteiger partial charge is 0.494 e. The molecule has 3 rings (SSSR count). The van der Waals surface area contributed by atoms with Gasteiger partial charge in [0.2, 0.25) is 5.12 Å². The van der Waals surface area contributed by atoms with Crippen LogP contribution in [0.2, 0.25) is 0 Å². The maximum atomic E-state index is 12.9. The highest BCUT2D eigenvalue weighted by atomic mass is 32.2. The van der Waals surface area contributed by atoms with E-state index in [-0.39, 0.29) is 24.3 Å². The molecular formula is C34H36O6S. The molecule has 0 bridgehead atoms. The highest BCUT2D eigenvalue weighted by molar-refractivity contribution is 8.14. The smallest absolute Gasteiger partial charge is 0.333 e. The van der Waals surface area contributed by atoms with E-state index in [0.29, 0.717) is 30.1 Å². The first-order valence-electron chi connectivity index (χ1n) is 13.6. The maximum Gasteiger partial charge on any atom is 0.333 e. The van der Waals surface area contributed by atoms with E-state index < -0.39 is 0 Å². The number of esters is 1. The number of carbonyl (C=O) groups excluding carboxylic acids is 2. The number of benzene rings is 3. The van der Waals surface area contributed by atoms with E-state index in [9.17, 15) is 9.59 Å². The van der Waals surface area contributed by atoms with E-state index >= 15 is 0 Å². The molecule has 0 spiro atoms. The fourth-order valence-corrected chi connectivity index (χ4v) is 4.41. The monoisotopic (exact) mass is 572 g/mol. The van der Waals surface area contributed by atoms with Gasteiger partial charge in [-0.3, -0.25) is 4.79 Å². The van der Waals surface area contributed by atoms with E-state index in [0.717, 1.165) is 53.0 Å². The average molecular weight is 573 g/mol. The van der Waals surface area contributed by atoms with Crippen LogP contribution in [0.15, 0.2) is 83.8 Å². The maximum absolute atomic E-state index is 12.9. The summed E-state index contributed by atoms with van der Waals surface area (Å²) in [6.07, 6.45) is 3.70. The molecule has 0 saturated carbocycles. The van der Waals surface area contributed by atoms with Crippen molar-refractivity contribution < 1.29 is 28.9 Å². The Morgan fingerprint density at radius 1 is 0.829 bits per heavy atom. The van der Waals surface area contributed by atoms with Gasteiger partial charge in [-0.15, -0.1) is 0 Å². The molecular weight excluding hydrogens is 536 g/mol. The zero-order valence-electron chi connectivity index (χ0n) is 23.6. The van der Waals surface area contributed by atoms with Crippen LogP contribution in [-0.2, 0) is 9.53 Å². The minimum Gasteiger partial charge on any atom is -0.494 e. The lowest BCUT2D eigenvalue weighted by Gasteiger charge is -2.08. The molecule has 0 radical (unpaired) electrons. The summed E-state index contributed by atoms with van der Waals surface area (Å²) in [5.41, 5.74) is 3.69. The van der Waals surface area contributed by atoms with Gasteiger partial charge >= 0.3 is 5.97 Å². The van der Waals surface area contributed by atoms with Crippen LogP contribution in [0, 0.1) is 18.8 Å². The summed E-state index contributed by atoms with van der Waals surface area (Å²) in [5.74, 6) is 7.43. The zero-order chi connectivity index (χ0) is 29.5. The lowest BCUT2D eigenvalue weighted by Crippen LogP contribution is -2.06. The summed E-state index contributed by atoms with van der Waals surface area (Å²) in [6.45, 7) is 8.41. The summed E-state index contributed by atoms with van der Waals surface area (Å²) >= 11 is 1.18.